The van der Waals surface area contributed by atoms with Gasteiger partial charge in [0, 0.05) is 45.5 Å². The lowest BCUT2D eigenvalue weighted by Crippen LogP contribution is -2.75. The topological polar surface area (TPSA) is 9.72 Å². The maximum Gasteiger partial charge on any atom is 0.252 e. The molecule has 0 atom stereocenters. The lowest BCUT2D eigenvalue weighted by molar-refractivity contribution is 1.23. The molecule has 14 aromatic rings. The number of anilines is 9. The van der Waals surface area contributed by atoms with Gasteiger partial charge in [0.1, 0.15) is 0 Å². The van der Waals surface area contributed by atoms with E-state index in [4.69, 9.17) is 0 Å². The van der Waals surface area contributed by atoms with Crippen molar-refractivity contribution in [3.63, 3.8) is 0 Å². The minimum Gasteiger partial charge on any atom is -0.311 e. The summed E-state index contributed by atoms with van der Waals surface area (Å²) in [6.45, 7) is -0.181. The Balaban J connectivity index is 1.03. The molecule has 0 bridgehead atoms. The van der Waals surface area contributed by atoms with Gasteiger partial charge in [-0.3, -0.25) is 0 Å². The maximum absolute atomic E-state index is 3.06. The molecule has 424 valence electrons. The van der Waals surface area contributed by atoms with Crippen LogP contribution in [0.5, 0.6) is 0 Å². The van der Waals surface area contributed by atoms with E-state index in [9.17, 15) is 0 Å². The minimum atomic E-state index is -3.06. The molecule has 14 aromatic carbocycles. The first-order valence-corrected chi connectivity index (χ1v) is 35.2. The zero-order chi connectivity index (χ0) is 59.9. The Morgan fingerprint density at radius 3 is 1.00 bits per heavy atom. The van der Waals surface area contributed by atoms with E-state index < -0.39 is 16.1 Å². The lowest BCUT2D eigenvalue weighted by atomic mass is 9.33. The number of hydrogen-bond donors (Lipinski definition) is 0. The fraction of sp³-hybridized carbons (Fsp3) is 0. The summed E-state index contributed by atoms with van der Waals surface area (Å²) in [7, 11) is -5.96. The SMILES string of the molecule is c1ccc(-c2ccc3c(c2)N(c2ccccc2)c2cc(N(c4ccccc4)c4ccccc4)cc4c2B3c2cc([Si](c3ccccc3)(c3ccccc3)c3ccccc3)ccc2N4c2ccc([Si](c3ccccc3)(c3ccccc3)c3ccccc3)cc2)cc1. The van der Waals surface area contributed by atoms with Gasteiger partial charge in [0.15, 0.2) is 16.1 Å². The molecule has 0 fully saturated rings. The smallest absolute Gasteiger partial charge is 0.252 e. The third-order valence-corrected chi connectivity index (χ3v) is 28.3. The van der Waals surface area contributed by atoms with Crippen molar-refractivity contribution in [1.82, 2.24) is 0 Å². The molecule has 0 saturated heterocycles. The van der Waals surface area contributed by atoms with Crippen molar-refractivity contribution in [3.05, 3.63) is 376 Å². The van der Waals surface area contributed by atoms with Crippen LogP contribution in [0.25, 0.3) is 11.1 Å². The summed E-state index contributed by atoms with van der Waals surface area (Å²) in [5.41, 5.74) is 16.1. The molecule has 0 amide bonds. The fourth-order valence-electron chi connectivity index (χ4n) is 14.9. The molecular formula is C84H62BN3Si2. The zero-order valence-corrected chi connectivity index (χ0v) is 51.7. The Kier molecular flexibility index (Phi) is 14.0. The molecule has 3 nitrogen and oxygen atoms in total. The van der Waals surface area contributed by atoms with Gasteiger partial charge < -0.3 is 14.7 Å². The minimum absolute atomic E-state index is 0.181. The van der Waals surface area contributed by atoms with Crippen LogP contribution >= 0.6 is 0 Å². The predicted molar refractivity (Wildman–Crippen MR) is 388 cm³/mol. The van der Waals surface area contributed by atoms with Crippen LogP contribution in [0.2, 0.25) is 0 Å². The quantitative estimate of drug-likeness (QED) is 0.0794. The first kappa shape index (κ1) is 54.4. The number of fused-ring (bicyclic) bond motifs is 4. The highest BCUT2D eigenvalue weighted by molar-refractivity contribution is 7.20. The average molecular weight is 1180 g/mol. The Morgan fingerprint density at radius 1 is 0.222 bits per heavy atom. The maximum atomic E-state index is 2.65. The van der Waals surface area contributed by atoms with Crippen LogP contribution in [-0.2, 0) is 0 Å². The number of para-hydroxylation sites is 3. The first-order chi connectivity index (χ1) is 44.7. The van der Waals surface area contributed by atoms with Crippen LogP contribution in [0.1, 0.15) is 0 Å². The summed E-state index contributed by atoms with van der Waals surface area (Å²) in [5.74, 6) is 0. The van der Waals surface area contributed by atoms with Crippen molar-refractivity contribution in [1.29, 1.82) is 0 Å². The van der Waals surface area contributed by atoms with E-state index in [0.29, 0.717) is 0 Å². The second-order valence-corrected chi connectivity index (χ2v) is 31.1. The average Bonchev–Trinajstić information content (AvgIpc) is 0.711. The molecule has 0 radical (unpaired) electrons. The Labute approximate surface area is 530 Å². The third-order valence-electron chi connectivity index (χ3n) is 18.7. The van der Waals surface area contributed by atoms with Crippen molar-refractivity contribution >= 4 is 132 Å². The third kappa shape index (κ3) is 9.10. The van der Waals surface area contributed by atoms with Gasteiger partial charge in [-0.15, -0.1) is 0 Å². The highest BCUT2D eigenvalue weighted by Gasteiger charge is 2.48. The molecule has 90 heavy (non-hydrogen) atoms. The van der Waals surface area contributed by atoms with E-state index in [1.807, 2.05) is 0 Å². The molecule has 2 heterocycles. The second-order valence-electron chi connectivity index (χ2n) is 23.5. The van der Waals surface area contributed by atoms with Crippen LogP contribution in [0.3, 0.4) is 0 Å². The standard InChI is InChI=1S/C84H62BN3Si2/c1-11-31-63(32-12-1)64-51-57-78-81(59-64)88(67-37-17-4-18-38-67)83-61-69(86(65-33-13-2-14-34-65)66-35-15-3-16-36-66)60-82-84(83)85(78)79-62-77(90(73-45-25-8-26-46-73,74-47-27-9-28-48-74)75-49-29-10-30-50-75)56-58-80(79)87(82)68-52-54-76(55-53-68)89(70-39-19-5-20-40-70,71-41-21-6-22-42-71)72-43-23-7-24-44-72/h1-62H. The van der Waals surface area contributed by atoms with Crippen molar-refractivity contribution in [2.75, 3.05) is 14.7 Å². The van der Waals surface area contributed by atoms with Gasteiger partial charge in [-0.2, -0.15) is 0 Å². The number of benzene rings is 14. The summed E-state index contributed by atoms with van der Waals surface area (Å²) < 4.78 is 0. The number of rotatable bonds is 14. The summed E-state index contributed by atoms with van der Waals surface area (Å²) in [6.07, 6.45) is 0. The lowest BCUT2D eigenvalue weighted by Gasteiger charge is -2.45. The van der Waals surface area contributed by atoms with Crippen molar-refractivity contribution in [3.8, 4) is 11.1 Å². The predicted octanol–water partition coefficient (Wildman–Crippen LogP) is 13.7. The van der Waals surface area contributed by atoms with E-state index in [0.717, 1.165) is 51.2 Å². The van der Waals surface area contributed by atoms with Crippen LogP contribution in [0.15, 0.2) is 376 Å². The zero-order valence-electron chi connectivity index (χ0n) is 49.7. The van der Waals surface area contributed by atoms with Crippen molar-refractivity contribution in [2.24, 2.45) is 0 Å². The van der Waals surface area contributed by atoms with E-state index in [1.54, 1.807) is 0 Å². The van der Waals surface area contributed by atoms with Crippen LogP contribution in [0.4, 0.5) is 51.2 Å². The molecule has 6 heteroatoms. The summed E-state index contributed by atoms with van der Waals surface area (Å²) in [5, 5.41) is 10.7. The number of nitrogens with zero attached hydrogens (tertiary/aromatic N) is 3. The van der Waals surface area contributed by atoms with Gasteiger partial charge in [-0.05, 0) is 142 Å². The van der Waals surface area contributed by atoms with E-state index >= 15 is 0 Å². The van der Waals surface area contributed by atoms with E-state index in [2.05, 4.69) is 391 Å². The van der Waals surface area contributed by atoms with Crippen molar-refractivity contribution in [2.45, 2.75) is 0 Å². The Morgan fingerprint density at radius 2 is 0.567 bits per heavy atom. The van der Waals surface area contributed by atoms with Gasteiger partial charge in [0.25, 0.3) is 6.71 Å². The molecule has 0 spiro atoms. The van der Waals surface area contributed by atoms with E-state index in [1.165, 1.54) is 69.0 Å². The fourth-order valence-corrected chi connectivity index (χ4v) is 24.4. The molecule has 0 unspecified atom stereocenters. The van der Waals surface area contributed by atoms with Gasteiger partial charge in [0.2, 0.25) is 0 Å². The Hall–Kier alpha value is -11.0. The molecule has 16 rings (SSSR count). The monoisotopic (exact) mass is 1180 g/mol. The van der Waals surface area contributed by atoms with E-state index in [-0.39, 0.29) is 6.71 Å². The first-order valence-electron chi connectivity index (χ1n) is 31.2. The highest BCUT2D eigenvalue weighted by atomic mass is 28.3. The summed E-state index contributed by atoms with van der Waals surface area (Å²) in [4.78, 5) is 7.60. The van der Waals surface area contributed by atoms with Crippen molar-refractivity contribution < 1.29 is 0 Å². The molecule has 0 N–H and O–H groups in total. The molecule has 0 saturated carbocycles. The van der Waals surface area contributed by atoms with Gasteiger partial charge in [-0.25, -0.2) is 0 Å². The normalized spacial score (nSPS) is 12.4. The second kappa shape index (κ2) is 23.2. The van der Waals surface area contributed by atoms with Gasteiger partial charge >= 0.3 is 0 Å². The molecule has 2 aliphatic heterocycles. The molecule has 0 aliphatic carbocycles. The van der Waals surface area contributed by atoms with Crippen LogP contribution in [-0.4, -0.2) is 22.9 Å². The van der Waals surface area contributed by atoms with Crippen LogP contribution in [0, 0.1) is 0 Å². The molecule has 2 aliphatic rings. The van der Waals surface area contributed by atoms with Gasteiger partial charge in [-0.1, -0.05) is 303 Å². The highest BCUT2D eigenvalue weighted by Crippen LogP contribution is 2.48. The summed E-state index contributed by atoms with van der Waals surface area (Å²) in [6, 6.07) is 141. The number of hydrogen-bond acceptors (Lipinski definition) is 3. The van der Waals surface area contributed by atoms with Gasteiger partial charge in [0.05, 0.1) is 5.69 Å². The molecule has 0 aromatic heterocycles. The summed E-state index contributed by atoms with van der Waals surface area (Å²) >= 11 is 0. The Bertz CT molecular complexity index is 4570. The van der Waals surface area contributed by atoms with Crippen LogP contribution < -0.4 is 72.6 Å². The largest absolute Gasteiger partial charge is 0.311 e. The molecular weight excluding hydrogens is 1120 g/mol.